The lowest BCUT2D eigenvalue weighted by molar-refractivity contribution is -0.149. The topological polar surface area (TPSA) is 337 Å². The van der Waals surface area contributed by atoms with Gasteiger partial charge >= 0.3 is 0 Å². The van der Waals surface area contributed by atoms with E-state index in [2.05, 4.69) is 41.9 Å². The molecule has 0 saturated carbocycles. The SMILES string of the molecule is CCCC[C@@H]1NCC(=O)C[C@H](Cc2c[nH]c3ccccc23)NC(=O)CC[C@H](C)NC(=O)[C@@H](C(=O)N2CCCCC2)NC(=O)CN(CCC)C(=O)CN(C)C(=O)[C@H](Cc2cccc(Cl)c2)N(C)C(=O)[C@H](C)CN(C)C(=O)CN(C)C(=O)C[C@@H](Cc2ccc(OC(C)(C)C)cc2)NC(=O)[C@H](Cc2c[nH]c3ccccc23)CNC1=O. The maximum Gasteiger partial charge on any atom is 0.254 e. The van der Waals surface area contributed by atoms with Gasteiger partial charge in [0.15, 0.2) is 6.04 Å². The number of carbonyl (C=O) groups is 12. The van der Waals surface area contributed by atoms with Crippen molar-refractivity contribution in [3.63, 3.8) is 0 Å². The number of fused-ring (bicyclic) bond motifs is 2. The number of para-hydroxylation sites is 2. The zero-order valence-corrected chi connectivity index (χ0v) is 67.6. The molecule has 0 bridgehead atoms. The van der Waals surface area contributed by atoms with Crippen LogP contribution in [-0.4, -0.2) is 239 Å². The fraction of sp³-hybridized carbons (Fsp3) is 0.524. The molecule has 11 amide bonds. The lowest BCUT2D eigenvalue weighted by Crippen LogP contribution is -2.59. The van der Waals surface area contributed by atoms with E-state index in [0.717, 1.165) is 56.2 Å². The van der Waals surface area contributed by atoms with E-state index in [1.807, 2.05) is 113 Å². The predicted octanol–water partition coefficient (Wildman–Crippen LogP) is 6.82. The highest BCUT2D eigenvalue weighted by Crippen LogP contribution is 2.26. The number of piperidine rings is 1. The Bertz CT molecular complexity index is 4240. The molecule has 2 saturated heterocycles. The molecule has 2 aliphatic heterocycles. The van der Waals surface area contributed by atoms with Gasteiger partial charge in [0.2, 0.25) is 53.2 Å². The third-order valence-electron chi connectivity index (χ3n) is 20.5. The van der Waals surface area contributed by atoms with E-state index in [9.17, 15) is 52.7 Å². The van der Waals surface area contributed by atoms with Gasteiger partial charge in [0, 0.05) is 144 Å². The van der Waals surface area contributed by atoms with Crippen LogP contribution in [0.3, 0.4) is 0 Å². The summed E-state index contributed by atoms with van der Waals surface area (Å²) in [7, 11) is 5.83. The number of ketones is 1. The number of aromatic nitrogens is 2. The number of likely N-dealkylation sites (tertiary alicyclic amines) is 1. The Balaban J connectivity index is 1.10. The van der Waals surface area contributed by atoms with Crippen LogP contribution in [0.1, 0.15) is 141 Å². The van der Waals surface area contributed by atoms with Crippen LogP contribution < -0.4 is 36.6 Å². The highest BCUT2D eigenvalue weighted by molar-refractivity contribution is 6.30. The number of nitrogens with zero attached hydrogens (tertiary/aromatic N) is 6. The molecule has 2 aliphatic rings. The first-order valence-corrected chi connectivity index (χ1v) is 39.7. The molecule has 4 heterocycles. The molecule has 8 rings (SSSR count). The van der Waals surface area contributed by atoms with Gasteiger partial charge in [-0.05, 0) is 144 Å². The summed E-state index contributed by atoms with van der Waals surface area (Å²) in [5.74, 6) is -7.98. The lowest BCUT2D eigenvalue weighted by Gasteiger charge is -2.34. The number of halogens is 1. The fourth-order valence-corrected chi connectivity index (χ4v) is 14.6. The summed E-state index contributed by atoms with van der Waals surface area (Å²) in [5.41, 5.74) is 4.21. The first kappa shape index (κ1) is 87.4. The van der Waals surface area contributed by atoms with Crippen LogP contribution in [0.5, 0.6) is 5.75 Å². The van der Waals surface area contributed by atoms with E-state index in [4.69, 9.17) is 16.3 Å². The normalized spacial score (nSPS) is 22.5. The second-order valence-corrected chi connectivity index (χ2v) is 31.6. The van der Waals surface area contributed by atoms with Gasteiger partial charge in [0.25, 0.3) is 11.8 Å². The van der Waals surface area contributed by atoms with Gasteiger partial charge in [-0.25, -0.2) is 0 Å². The van der Waals surface area contributed by atoms with E-state index in [1.165, 1.54) is 52.7 Å². The second kappa shape index (κ2) is 41.9. The molecule has 2 fully saturated rings. The molecule has 0 spiro atoms. The molecule has 28 heteroatoms. The van der Waals surface area contributed by atoms with Crippen molar-refractivity contribution in [2.45, 2.75) is 187 Å². The molecule has 8 atom stereocenters. The molecule has 8 N–H and O–H groups in total. The number of unbranched alkanes of at least 4 members (excludes halogenated alkanes) is 1. The highest BCUT2D eigenvalue weighted by atomic mass is 35.5. The molecular weight excluding hydrogens is 1450 g/mol. The molecule has 0 unspecified atom stereocenters. The van der Waals surface area contributed by atoms with Crippen LogP contribution in [-0.2, 0) is 83.2 Å². The van der Waals surface area contributed by atoms with Gasteiger partial charge in [0.1, 0.15) is 23.2 Å². The molecule has 0 radical (unpaired) electrons. The molecule has 6 aromatic rings. The number of amides is 11. The first-order valence-electron chi connectivity index (χ1n) is 39.3. The van der Waals surface area contributed by atoms with Crippen LogP contribution in [0, 0.1) is 11.8 Å². The van der Waals surface area contributed by atoms with E-state index in [0.29, 0.717) is 61.5 Å². The predicted molar refractivity (Wildman–Crippen MR) is 430 cm³/mol. The zero-order valence-electron chi connectivity index (χ0n) is 66.9. The Morgan fingerprint density at radius 2 is 1.24 bits per heavy atom. The minimum Gasteiger partial charge on any atom is -0.488 e. The third-order valence-corrected chi connectivity index (χ3v) is 20.8. The van der Waals surface area contributed by atoms with Crippen LogP contribution in [0.2, 0.25) is 5.02 Å². The number of Topliss-reactive ketones (excluding diaryl/α,β-unsaturated/α-hetero) is 1. The summed E-state index contributed by atoms with van der Waals surface area (Å²) in [6, 6.07) is 23.3. The van der Waals surface area contributed by atoms with Crippen LogP contribution in [0.25, 0.3) is 21.8 Å². The van der Waals surface area contributed by atoms with E-state index in [-0.39, 0.29) is 83.3 Å². The van der Waals surface area contributed by atoms with Crippen molar-refractivity contribution in [3.8, 4) is 5.75 Å². The van der Waals surface area contributed by atoms with Crippen molar-refractivity contribution in [1.82, 2.24) is 71.3 Å². The van der Waals surface area contributed by atoms with Gasteiger partial charge in [-0.15, -0.1) is 0 Å². The fourth-order valence-electron chi connectivity index (χ4n) is 14.4. The third kappa shape index (κ3) is 26.2. The van der Waals surface area contributed by atoms with Crippen LogP contribution in [0.4, 0.5) is 0 Å². The van der Waals surface area contributed by atoms with Gasteiger partial charge in [0.05, 0.1) is 44.1 Å². The average Bonchev–Trinajstić information content (AvgIpc) is 1.27. The monoisotopic (exact) mass is 1560 g/mol. The van der Waals surface area contributed by atoms with Crippen molar-refractivity contribution in [1.29, 1.82) is 0 Å². The Labute approximate surface area is 662 Å². The zero-order chi connectivity index (χ0) is 81.3. The van der Waals surface area contributed by atoms with Gasteiger partial charge < -0.3 is 70.7 Å². The number of hydrogen-bond donors (Lipinski definition) is 8. The highest BCUT2D eigenvalue weighted by Gasteiger charge is 2.38. The smallest absolute Gasteiger partial charge is 0.254 e. The van der Waals surface area contributed by atoms with Crippen molar-refractivity contribution in [2.75, 3.05) is 87.1 Å². The largest absolute Gasteiger partial charge is 0.488 e. The molecule has 27 nitrogen and oxygen atoms in total. The maximum atomic E-state index is 15.2. The number of hydrogen-bond acceptors (Lipinski definition) is 14. The average molecular weight is 1560 g/mol. The van der Waals surface area contributed by atoms with Gasteiger partial charge in [-0.1, -0.05) is 106 Å². The number of benzene rings is 4. The number of likely N-dealkylation sites (N-methyl/N-ethyl adjacent to an activating group) is 4. The molecular formula is C84H115ClN14O13. The van der Waals surface area contributed by atoms with E-state index >= 15 is 4.79 Å². The molecule has 0 aliphatic carbocycles. The number of nitrogens with one attached hydrogen (secondary N) is 8. The molecule has 2 aromatic heterocycles. The number of rotatable bonds is 15. The summed E-state index contributed by atoms with van der Waals surface area (Å²) >= 11 is 6.45. The molecule has 4 aromatic carbocycles. The minimum atomic E-state index is -1.72. The van der Waals surface area contributed by atoms with E-state index in [1.54, 1.807) is 45.0 Å². The first-order chi connectivity index (χ1) is 53.4. The number of H-pyrrole nitrogens is 2. The van der Waals surface area contributed by atoms with Crippen molar-refractivity contribution in [3.05, 3.63) is 137 Å². The van der Waals surface area contributed by atoms with Crippen LogP contribution >= 0.6 is 11.6 Å². The minimum absolute atomic E-state index is 0.0397. The summed E-state index contributed by atoms with van der Waals surface area (Å²) in [6.45, 7) is 11.5. The van der Waals surface area contributed by atoms with E-state index < -0.39 is 138 Å². The number of aromatic amines is 2. The Morgan fingerprint density at radius 3 is 1.88 bits per heavy atom. The standard InChI is InChI=1S/C84H115ClN14O13/c1-12-14-27-70-79(107)89-48-60(42-58-46-86-68-28-18-16-25-66(58)68)78(106)92-62(40-56-31-33-65(34-32-56)112-84(5,6)7)45-74(103)95(9)52-75(104)94(8)50-54(3)81(109)97(11)71(41-57-23-22-24-61(85)39-57)82(110)96(10)53-76(105)99(36-13-2)51-73(102)93-77(83(111)98-37-20-15-21-38-98)80(108)90-55(4)30-35-72(101)91-63(44-64(100)49-88-70)43-59-47-87-69-29-19-17-26-67(59)69/h16-19,22-26,28-29,31-34,39,46-47,54-55,60,62-63,70-71,77,86-88H,12-15,20-21,27,30,35-38,40-45,48-53H2,1-11H3,(H,89,107)(H,90,108)(H,91,101)(H,92,106)(H,93,102)/t54-,55+,60-,62-,63+,70+,71+,77+/m1/s1. The number of carbonyl (C=O) groups excluding carboxylic acids is 12. The van der Waals surface area contributed by atoms with Gasteiger partial charge in [-0.3, -0.25) is 62.9 Å². The van der Waals surface area contributed by atoms with Gasteiger partial charge in [-0.2, -0.15) is 0 Å². The summed E-state index contributed by atoms with van der Waals surface area (Å²) in [6.07, 6.45) is 8.03. The van der Waals surface area contributed by atoms with Crippen molar-refractivity contribution in [2.24, 2.45) is 11.8 Å². The lowest BCUT2D eigenvalue weighted by atomic mass is 9.95. The second-order valence-electron chi connectivity index (χ2n) is 31.2. The van der Waals surface area contributed by atoms with Crippen molar-refractivity contribution >= 4 is 104 Å². The summed E-state index contributed by atoms with van der Waals surface area (Å²) < 4.78 is 6.12. The van der Waals surface area contributed by atoms with Crippen molar-refractivity contribution < 1.29 is 62.3 Å². The summed E-state index contributed by atoms with van der Waals surface area (Å²) in [4.78, 5) is 189. The Kier molecular flexibility index (Phi) is 32.7. The Morgan fingerprint density at radius 1 is 0.598 bits per heavy atom. The van der Waals surface area contributed by atoms with Crippen LogP contribution in [0.15, 0.2) is 109 Å². The quantitative estimate of drug-likeness (QED) is 0.0489. The number of ether oxygens (including phenoxy) is 1. The maximum absolute atomic E-state index is 15.2. The molecule has 606 valence electrons. The summed E-state index contributed by atoms with van der Waals surface area (Å²) in [5, 5.41) is 20.1. The molecule has 112 heavy (non-hydrogen) atoms. The Hall–Kier alpha value is -10.2.